The minimum Gasteiger partial charge on any atom is -0.346 e. The van der Waals surface area contributed by atoms with Crippen LogP contribution in [0.3, 0.4) is 0 Å². The molecule has 0 bridgehead atoms. The van der Waals surface area contributed by atoms with Crippen molar-refractivity contribution in [2.24, 2.45) is 5.92 Å². The smallest absolute Gasteiger partial charge is 0.223 e. The molecule has 0 saturated carbocycles. The molecule has 1 rings (SSSR count). The Bertz CT molecular complexity index is 211. The van der Waals surface area contributed by atoms with E-state index in [9.17, 15) is 4.79 Å². The van der Waals surface area contributed by atoms with Gasteiger partial charge in [-0.2, -0.15) is 12.6 Å². The van der Waals surface area contributed by atoms with Gasteiger partial charge in [0.2, 0.25) is 5.91 Å². The number of hydrogen-bond donors (Lipinski definition) is 1. The summed E-state index contributed by atoms with van der Waals surface area (Å²) in [6, 6.07) is 0. The maximum atomic E-state index is 11.5. The van der Waals surface area contributed by atoms with Crippen LogP contribution in [0.1, 0.15) is 19.3 Å². The monoisotopic (exact) mass is 230 g/mol. The standard InChI is InChI=1S/C11H22N2OS/c1-12-6-3-10(9-12)4-7-13(2)11(14)5-8-15/h10,15H,3-9H2,1-2H3. The van der Waals surface area contributed by atoms with Crippen molar-refractivity contribution in [1.29, 1.82) is 0 Å². The van der Waals surface area contributed by atoms with Crippen molar-refractivity contribution in [2.45, 2.75) is 19.3 Å². The van der Waals surface area contributed by atoms with Crippen molar-refractivity contribution in [3.63, 3.8) is 0 Å². The van der Waals surface area contributed by atoms with Gasteiger partial charge in [0.15, 0.2) is 0 Å². The van der Waals surface area contributed by atoms with Gasteiger partial charge in [0.05, 0.1) is 0 Å². The van der Waals surface area contributed by atoms with Gasteiger partial charge in [0.25, 0.3) is 0 Å². The summed E-state index contributed by atoms with van der Waals surface area (Å²) in [5.74, 6) is 1.65. The third-order valence-electron chi connectivity index (χ3n) is 3.11. The predicted molar refractivity (Wildman–Crippen MR) is 66.3 cm³/mol. The van der Waals surface area contributed by atoms with Crippen LogP contribution in [-0.4, -0.2) is 55.2 Å². The highest BCUT2D eigenvalue weighted by Gasteiger charge is 2.20. The zero-order chi connectivity index (χ0) is 11.3. The van der Waals surface area contributed by atoms with E-state index >= 15 is 0 Å². The molecular weight excluding hydrogens is 208 g/mol. The van der Waals surface area contributed by atoms with Crippen LogP contribution in [0.5, 0.6) is 0 Å². The summed E-state index contributed by atoms with van der Waals surface area (Å²) in [5.41, 5.74) is 0. The van der Waals surface area contributed by atoms with Crippen molar-refractivity contribution in [3.8, 4) is 0 Å². The third kappa shape index (κ3) is 4.43. The summed E-state index contributed by atoms with van der Waals surface area (Å²) >= 11 is 4.07. The first-order valence-corrected chi connectivity index (χ1v) is 6.30. The normalized spacial score (nSPS) is 21.9. The summed E-state index contributed by atoms with van der Waals surface area (Å²) in [6.45, 7) is 3.29. The summed E-state index contributed by atoms with van der Waals surface area (Å²) in [6.07, 6.45) is 2.98. The van der Waals surface area contributed by atoms with E-state index in [4.69, 9.17) is 0 Å². The minimum absolute atomic E-state index is 0.219. The molecule has 1 aliphatic heterocycles. The van der Waals surface area contributed by atoms with Crippen LogP contribution in [0.15, 0.2) is 0 Å². The number of hydrogen-bond acceptors (Lipinski definition) is 3. The van der Waals surface area contributed by atoms with Gasteiger partial charge in [-0.25, -0.2) is 0 Å². The molecule has 88 valence electrons. The molecule has 1 saturated heterocycles. The number of amides is 1. The average molecular weight is 230 g/mol. The highest BCUT2D eigenvalue weighted by atomic mass is 32.1. The summed E-state index contributed by atoms with van der Waals surface area (Å²) < 4.78 is 0. The first-order chi connectivity index (χ1) is 7.13. The lowest BCUT2D eigenvalue weighted by atomic mass is 10.0. The van der Waals surface area contributed by atoms with Gasteiger partial charge in [-0.15, -0.1) is 0 Å². The molecule has 1 fully saturated rings. The second-order valence-electron chi connectivity index (χ2n) is 4.49. The van der Waals surface area contributed by atoms with E-state index < -0.39 is 0 Å². The fourth-order valence-corrected chi connectivity index (χ4v) is 2.24. The molecule has 4 heteroatoms. The minimum atomic E-state index is 0.219. The van der Waals surface area contributed by atoms with E-state index in [2.05, 4.69) is 24.6 Å². The highest BCUT2D eigenvalue weighted by molar-refractivity contribution is 7.80. The summed E-state index contributed by atoms with van der Waals surface area (Å²) in [7, 11) is 4.06. The Morgan fingerprint density at radius 1 is 1.60 bits per heavy atom. The predicted octanol–water partition coefficient (Wildman–Crippen LogP) is 1.11. The lowest BCUT2D eigenvalue weighted by Gasteiger charge is -2.19. The van der Waals surface area contributed by atoms with E-state index in [1.165, 1.54) is 19.5 Å². The zero-order valence-electron chi connectivity index (χ0n) is 9.78. The van der Waals surface area contributed by atoms with E-state index in [0.717, 1.165) is 18.9 Å². The van der Waals surface area contributed by atoms with Gasteiger partial charge in [0, 0.05) is 26.6 Å². The maximum Gasteiger partial charge on any atom is 0.223 e. The summed E-state index contributed by atoms with van der Waals surface area (Å²) in [4.78, 5) is 15.7. The second kappa shape index (κ2) is 6.38. The fraction of sp³-hybridized carbons (Fsp3) is 0.909. The molecule has 0 radical (unpaired) electrons. The van der Waals surface area contributed by atoms with Crippen LogP contribution >= 0.6 is 12.6 Å². The second-order valence-corrected chi connectivity index (χ2v) is 4.94. The number of carbonyl (C=O) groups is 1. The first kappa shape index (κ1) is 12.8. The Morgan fingerprint density at radius 2 is 2.33 bits per heavy atom. The van der Waals surface area contributed by atoms with Crippen LogP contribution < -0.4 is 0 Å². The largest absolute Gasteiger partial charge is 0.346 e. The van der Waals surface area contributed by atoms with Gasteiger partial charge < -0.3 is 9.80 Å². The molecule has 1 aliphatic rings. The lowest BCUT2D eigenvalue weighted by Crippen LogP contribution is -2.29. The molecule has 0 N–H and O–H groups in total. The molecule has 0 aliphatic carbocycles. The number of carbonyl (C=O) groups excluding carboxylic acids is 1. The molecule has 0 spiro atoms. The van der Waals surface area contributed by atoms with Gasteiger partial charge in [-0.3, -0.25) is 4.79 Å². The SMILES string of the molecule is CN1CCC(CCN(C)C(=O)CCS)C1. The van der Waals surface area contributed by atoms with E-state index in [1.807, 2.05) is 11.9 Å². The maximum absolute atomic E-state index is 11.5. The number of nitrogens with zero attached hydrogens (tertiary/aromatic N) is 2. The van der Waals surface area contributed by atoms with E-state index in [0.29, 0.717) is 12.2 Å². The quantitative estimate of drug-likeness (QED) is 0.715. The van der Waals surface area contributed by atoms with Gasteiger partial charge >= 0.3 is 0 Å². The molecule has 0 aromatic heterocycles. The van der Waals surface area contributed by atoms with Gasteiger partial charge in [-0.1, -0.05) is 0 Å². The Labute approximate surface area is 98.2 Å². The van der Waals surface area contributed by atoms with Crippen molar-refractivity contribution in [3.05, 3.63) is 0 Å². The highest BCUT2D eigenvalue weighted by Crippen LogP contribution is 2.18. The van der Waals surface area contributed by atoms with Crippen LogP contribution in [-0.2, 0) is 4.79 Å². The Morgan fingerprint density at radius 3 is 2.87 bits per heavy atom. The number of rotatable bonds is 5. The van der Waals surface area contributed by atoms with Crippen molar-refractivity contribution in [1.82, 2.24) is 9.80 Å². The molecule has 15 heavy (non-hydrogen) atoms. The molecular formula is C11H22N2OS. The molecule has 1 amide bonds. The van der Waals surface area contributed by atoms with Gasteiger partial charge in [0.1, 0.15) is 0 Å². The molecule has 0 aromatic carbocycles. The van der Waals surface area contributed by atoms with Crippen LogP contribution in [0.2, 0.25) is 0 Å². The van der Waals surface area contributed by atoms with Gasteiger partial charge in [-0.05, 0) is 38.1 Å². The first-order valence-electron chi connectivity index (χ1n) is 5.67. The Balaban J connectivity index is 2.16. The van der Waals surface area contributed by atoms with E-state index in [-0.39, 0.29) is 5.91 Å². The molecule has 3 nitrogen and oxygen atoms in total. The van der Waals surface area contributed by atoms with Crippen molar-refractivity contribution >= 4 is 18.5 Å². The fourth-order valence-electron chi connectivity index (χ4n) is 2.05. The average Bonchev–Trinajstić information content (AvgIpc) is 2.61. The molecule has 1 atom stereocenters. The lowest BCUT2D eigenvalue weighted by molar-refractivity contribution is -0.129. The Kier molecular flexibility index (Phi) is 5.47. The zero-order valence-corrected chi connectivity index (χ0v) is 10.7. The topological polar surface area (TPSA) is 23.6 Å². The van der Waals surface area contributed by atoms with E-state index in [1.54, 1.807) is 0 Å². The number of thiol groups is 1. The number of likely N-dealkylation sites (tertiary alicyclic amines) is 1. The Hall–Kier alpha value is -0.220. The summed E-state index contributed by atoms with van der Waals surface area (Å²) in [5, 5.41) is 0. The molecule has 0 aromatic rings. The molecule has 1 heterocycles. The van der Waals surface area contributed by atoms with Crippen LogP contribution in [0.4, 0.5) is 0 Å². The molecule has 1 unspecified atom stereocenters. The third-order valence-corrected chi connectivity index (χ3v) is 3.34. The van der Waals surface area contributed by atoms with Crippen molar-refractivity contribution < 1.29 is 4.79 Å². The van der Waals surface area contributed by atoms with Crippen molar-refractivity contribution in [2.75, 3.05) is 39.5 Å². The van der Waals surface area contributed by atoms with Crippen LogP contribution in [0.25, 0.3) is 0 Å². The van der Waals surface area contributed by atoms with Crippen LogP contribution in [0, 0.1) is 5.92 Å².